The van der Waals surface area contributed by atoms with E-state index in [0.29, 0.717) is 39.7 Å². The molecule has 0 saturated heterocycles. The third-order valence-electron chi connectivity index (χ3n) is 3.85. The summed E-state index contributed by atoms with van der Waals surface area (Å²) < 4.78 is 24.3. The van der Waals surface area contributed by atoms with Crippen LogP contribution in [0.1, 0.15) is 22.8 Å². The van der Waals surface area contributed by atoms with Gasteiger partial charge in [0.15, 0.2) is 11.2 Å². The van der Waals surface area contributed by atoms with Crippen LogP contribution in [0, 0.1) is 5.82 Å². The lowest BCUT2D eigenvalue weighted by atomic mass is 10.0. The minimum Gasteiger partial charge on any atom is -0.423 e. The number of primary amides is 1. The molecule has 0 radical (unpaired) electrons. The standard InChI is InChI=1S/C17H13FN4O3/c1-2-9-10(15(19)23)4-6-13-14(9)21-17(25-13)22-16-20-11-7-8(18)3-5-12(11)24-16/h3-7H,2H2,1H3,(H2,19,23)(H,20,21,22). The highest BCUT2D eigenvalue weighted by Crippen LogP contribution is 2.28. The number of fused-ring (bicyclic) bond motifs is 2. The Labute approximate surface area is 140 Å². The molecule has 25 heavy (non-hydrogen) atoms. The summed E-state index contributed by atoms with van der Waals surface area (Å²) in [5, 5.41) is 2.81. The fraction of sp³-hybridized carbons (Fsp3) is 0.118. The van der Waals surface area contributed by atoms with E-state index in [4.69, 9.17) is 14.6 Å². The van der Waals surface area contributed by atoms with Gasteiger partial charge in [0.25, 0.3) is 0 Å². The van der Waals surface area contributed by atoms with E-state index in [1.165, 1.54) is 18.2 Å². The predicted molar refractivity (Wildman–Crippen MR) is 89.2 cm³/mol. The van der Waals surface area contributed by atoms with E-state index in [2.05, 4.69) is 15.3 Å². The Balaban J connectivity index is 1.74. The minimum atomic E-state index is -0.516. The lowest BCUT2D eigenvalue weighted by Crippen LogP contribution is -2.13. The number of halogens is 1. The first-order valence-corrected chi connectivity index (χ1v) is 7.60. The molecule has 8 heteroatoms. The van der Waals surface area contributed by atoms with Crippen LogP contribution in [-0.2, 0) is 6.42 Å². The van der Waals surface area contributed by atoms with E-state index >= 15 is 0 Å². The van der Waals surface area contributed by atoms with Crippen molar-refractivity contribution in [1.82, 2.24) is 9.97 Å². The molecule has 0 aliphatic heterocycles. The SMILES string of the molecule is CCc1c(C(N)=O)ccc2oc(Nc3nc4cc(F)ccc4o3)nc12. The van der Waals surface area contributed by atoms with Gasteiger partial charge >= 0.3 is 12.0 Å². The molecular formula is C17H13FN4O3. The molecule has 1 amide bonds. The van der Waals surface area contributed by atoms with Crippen molar-refractivity contribution < 1.29 is 18.0 Å². The van der Waals surface area contributed by atoms with Crippen LogP contribution >= 0.6 is 0 Å². The summed E-state index contributed by atoms with van der Waals surface area (Å²) >= 11 is 0. The molecular weight excluding hydrogens is 327 g/mol. The van der Waals surface area contributed by atoms with Crippen LogP contribution in [0.3, 0.4) is 0 Å². The van der Waals surface area contributed by atoms with Crippen LogP contribution in [0.25, 0.3) is 22.2 Å². The van der Waals surface area contributed by atoms with Gasteiger partial charge in [-0.3, -0.25) is 10.1 Å². The molecule has 0 aliphatic carbocycles. The number of nitrogens with two attached hydrogens (primary N) is 1. The normalized spacial score (nSPS) is 11.3. The molecule has 0 bridgehead atoms. The molecule has 0 fully saturated rings. The minimum absolute atomic E-state index is 0.125. The maximum Gasteiger partial charge on any atom is 0.303 e. The highest BCUT2D eigenvalue weighted by atomic mass is 19.1. The monoisotopic (exact) mass is 340 g/mol. The number of carbonyl (C=O) groups excluding carboxylic acids is 1. The fourth-order valence-corrected chi connectivity index (χ4v) is 2.74. The van der Waals surface area contributed by atoms with Crippen LogP contribution in [0.5, 0.6) is 0 Å². The summed E-state index contributed by atoms with van der Waals surface area (Å²) in [4.78, 5) is 20.0. The Kier molecular flexibility index (Phi) is 3.38. The van der Waals surface area contributed by atoms with Crippen molar-refractivity contribution in [2.75, 3.05) is 5.32 Å². The van der Waals surface area contributed by atoms with Gasteiger partial charge in [0.05, 0.1) is 0 Å². The molecule has 126 valence electrons. The average Bonchev–Trinajstić information content (AvgIpc) is 3.15. The number of carbonyl (C=O) groups is 1. The first-order chi connectivity index (χ1) is 12.0. The fourth-order valence-electron chi connectivity index (χ4n) is 2.74. The van der Waals surface area contributed by atoms with Crippen LogP contribution in [0.4, 0.5) is 16.4 Å². The van der Waals surface area contributed by atoms with Crippen LogP contribution in [0.2, 0.25) is 0 Å². The smallest absolute Gasteiger partial charge is 0.303 e. The van der Waals surface area contributed by atoms with Crippen molar-refractivity contribution in [3.05, 3.63) is 47.3 Å². The van der Waals surface area contributed by atoms with Gasteiger partial charge in [0.1, 0.15) is 16.9 Å². The third-order valence-corrected chi connectivity index (χ3v) is 3.85. The van der Waals surface area contributed by atoms with Gasteiger partial charge in [0, 0.05) is 11.6 Å². The van der Waals surface area contributed by atoms with Crippen molar-refractivity contribution in [2.24, 2.45) is 5.73 Å². The molecule has 0 spiro atoms. The number of hydrogen-bond donors (Lipinski definition) is 2. The summed E-state index contributed by atoms with van der Waals surface area (Å²) in [6.07, 6.45) is 0.573. The Morgan fingerprint density at radius 1 is 1.16 bits per heavy atom. The van der Waals surface area contributed by atoms with E-state index in [9.17, 15) is 9.18 Å². The first kappa shape index (κ1) is 15.1. The average molecular weight is 340 g/mol. The van der Waals surface area contributed by atoms with Gasteiger partial charge in [-0.2, -0.15) is 9.97 Å². The van der Waals surface area contributed by atoms with Crippen LogP contribution < -0.4 is 11.1 Å². The molecule has 4 rings (SSSR count). The number of benzene rings is 2. The number of anilines is 2. The lowest BCUT2D eigenvalue weighted by Gasteiger charge is -2.03. The highest BCUT2D eigenvalue weighted by Gasteiger charge is 2.17. The van der Waals surface area contributed by atoms with E-state index in [1.54, 1.807) is 12.1 Å². The molecule has 2 aromatic carbocycles. The number of hydrogen-bond acceptors (Lipinski definition) is 6. The first-order valence-electron chi connectivity index (χ1n) is 7.60. The molecule has 2 heterocycles. The van der Waals surface area contributed by atoms with Gasteiger partial charge in [-0.05, 0) is 36.2 Å². The van der Waals surface area contributed by atoms with Gasteiger partial charge in [-0.15, -0.1) is 0 Å². The van der Waals surface area contributed by atoms with Gasteiger partial charge in [-0.1, -0.05) is 6.92 Å². The zero-order valence-corrected chi connectivity index (χ0v) is 13.2. The molecule has 0 saturated carbocycles. The maximum absolute atomic E-state index is 13.2. The molecule has 3 N–H and O–H groups in total. The van der Waals surface area contributed by atoms with Crippen LogP contribution in [-0.4, -0.2) is 15.9 Å². The number of oxazole rings is 2. The summed E-state index contributed by atoms with van der Waals surface area (Å²) in [7, 11) is 0. The molecule has 0 aliphatic rings. The van der Waals surface area contributed by atoms with Crippen molar-refractivity contribution >= 4 is 40.1 Å². The van der Waals surface area contributed by atoms with E-state index < -0.39 is 11.7 Å². The van der Waals surface area contributed by atoms with Crippen molar-refractivity contribution in [3.63, 3.8) is 0 Å². The number of amides is 1. The second kappa shape index (κ2) is 5.59. The Morgan fingerprint density at radius 3 is 2.64 bits per heavy atom. The van der Waals surface area contributed by atoms with Crippen molar-refractivity contribution in [1.29, 1.82) is 0 Å². The molecule has 2 aromatic heterocycles. The summed E-state index contributed by atoms with van der Waals surface area (Å²) in [5.74, 6) is -0.919. The zero-order chi connectivity index (χ0) is 17.6. The number of aromatic nitrogens is 2. The summed E-state index contributed by atoms with van der Waals surface area (Å²) in [6, 6.07) is 7.57. The maximum atomic E-state index is 13.2. The second-order valence-corrected chi connectivity index (χ2v) is 5.43. The lowest BCUT2D eigenvalue weighted by molar-refractivity contribution is 0.0999. The Bertz CT molecular complexity index is 1120. The van der Waals surface area contributed by atoms with Crippen molar-refractivity contribution in [3.8, 4) is 0 Å². The van der Waals surface area contributed by atoms with E-state index in [-0.39, 0.29) is 12.0 Å². The number of nitrogens with zero attached hydrogens (tertiary/aromatic N) is 2. The van der Waals surface area contributed by atoms with E-state index in [1.807, 2.05) is 6.92 Å². The molecule has 0 atom stereocenters. The largest absolute Gasteiger partial charge is 0.423 e. The molecule has 7 nitrogen and oxygen atoms in total. The third kappa shape index (κ3) is 2.57. The second-order valence-electron chi connectivity index (χ2n) is 5.43. The highest BCUT2D eigenvalue weighted by molar-refractivity contribution is 5.99. The van der Waals surface area contributed by atoms with Crippen molar-refractivity contribution in [2.45, 2.75) is 13.3 Å². The molecule has 0 unspecified atom stereocenters. The number of nitrogens with one attached hydrogen (secondary N) is 1. The zero-order valence-electron chi connectivity index (χ0n) is 13.2. The quantitative estimate of drug-likeness (QED) is 0.588. The van der Waals surface area contributed by atoms with E-state index in [0.717, 1.165) is 0 Å². The van der Waals surface area contributed by atoms with Gasteiger partial charge in [-0.25, -0.2) is 4.39 Å². The van der Waals surface area contributed by atoms with Gasteiger partial charge < -0.3 is 14.6 Å². The predicted octanol–water partition coefficient (Wildman–Crippen LogP) is 3.51. The topological polar surface area (TPSA) is 107 Å². The Hall–Kier alpha value is -3.42. The van der Waals surface area contributed by atoms with Crippen LogP contribution in [0.15, 0.2) is 39.2 Å². The Morgan fingerprint density at radius 2 is 1.88 bits per heavy atom. The summed E-state index contributed by atoms with van der Waals surface area (Å²) in [6.45, 7) is 1.90. The number of aryl methyl sites for hydroxylation is 1. The summed E-state index contributed by atoms with van der Waals surface area (Å²) in [5.41, 5.74) is 8.38. The molecule has 4 aromatic rings. The number of rotatable bonds is 4. The van der Waals surface area contributed by atoms with Gasteiger partial charge in [0.2, 0.25) is 5.91 Å².